The topological polar surface area (TPSA) is 99.7 Å². The number of piperidine rings is 1. The zero-order chi connectivity index (χ0) is 18.5. The Hall–Kier alpha value is -2.32. The third-order valence-electron chi connectivity index (χ3n) is 4.89. The molecule has 2 aromatic rings. The number of benzene rings is 1. The van der Waals surface area contributed by atoms with Crippen molar-refractivity contribution in [2.45, 2.75) is 38.8 Å². The number of nitrogens with one attached hydrogen (secondary N) is 2. The van der Waals surface area contributed by atoms with E-state index >= 15 is 0 Å². The molecular weight excluding hydrogens is 336 g/mol. The van der Waals surface area contributed by atoms with Gasteiger partial charge in [0.05, 0.1) is 12.1 Å². The number of aliphatic hydroxyl groups excluding tert-OH is 1. The van der Waals surface area contributed by atoms with Gasteiger partial charge in [0.1, 0.15) is 0 Å². The second-order valence-electron chi connectivity index (χ2n) is 6.54. The molecule has 8 nitrogen and oxygen atoms in total. The van der Waals surface area contributed by atoms with Crippen molar-refractivity contribution in [3.63, 3.8) is 0 Å². The van der Waals surface area contributed by atoms with Crippen molar-refractivity contribution < 1.29 is 14.3 Å². The van der Waals surface area contributed by atoms with Gasteiger partial charge in [-0.05, 0) is 38.4 Å². The van der Waals surface area contributed by atoms with Gasteiger partial charge >= 0.3 is 11.8 Å². The maximum absolute atomic E-state index is 12.1. The van der Waals surface area contributed by atoms with Gasteiger partial charge in [0.25, 0.3) is 0 Å². The number of likely N-dealkylation sites (tertiary alicyclic amines) is 1. The molecule has 1 aliphatic heterocycles. The third kappa shape index (κ3) is 4.08. The van der Waals surface area contributed by atoms with Crippen LogP contribution in [0.5, 0.6) is 0 Å². The third-order valence-corrected chi connectivity index (χ3v) is 4.89. The van der Waals surface area contributed by atoms with Crippen LogP contribution in [0.2, 0.25) is 0 Å². The molecule has 0 bridgehead atoms. The number of urea groups is 1. The molecule has 0 radical (unpaired) electrons. The average Bonchev–Trinajstić information content (AvgIpc) is 2.96. The van der Waals surface area contributed by atoms with Gasteiger partial charge in [-0.2, -0.15) is 0 Å². The van der Waals surface area contributed by atoms with Gasteiger partial charge in [-0.25, -0.2) is 9.59 Å². The molecule has 1 saturated heterocycles. The van der Waals surface area contributed by atoms with Crippen LogP contribution < -0.4 is 16.4 Å². The molecule has 2 amide bonds. The van der Waals surface area contributed by atoms with Crippen molar-refractivity contribution >= 4 is 22.8 Å². The molecule has 0 aliphatic carbocycles. The van der Waals surface area contributed by atoms with Crippen LogP contribution in [0.15, 0.2) is 27.4 Å². The summed E-state index contributed by atoms with van der Waals surface area (Å²) in [6.07, 6.45) is 3.28. The lowest BCUT2D eigenvalue weighted by atomic mass is 10.0. The molecule has 0 saturated carbocycles. The number of hydrogen-bond acceptors (Lipinski definition) is 5. The summed E-state index contributed by atoms with van der Waals surface area (Å²) in [6, 6.07) is 5.05. The normalized spacial score (nSPS) is 18.2. The average molecular weight is 362 g/mol. The molecule has 142 valence electrons. The number of aryl methyl sites for hydroxylation is 1. The van der Waals surface area contributed by atoms with Crippen LogP contribution in [0.25, 0.3) is 11.1 Å². The largest absolute Gasteiger partial charge is 0.419 e. The minimum absolute atomic E-state index is 0.162. The van der Waals surface area contributed by atoms with Crippen LogP contribution in [0, 0.1) is 0 Å². The maximum Gasteiger partial charge on any atom is 0.419 e. The summed E-state index contributed by atoms with van der Waals surface area (Å²) in [5.74, 6) is -0.399. The molecule has 1 aromatic heterocycles. The molecule has 0 unspecified atom stereocenters. The fourth-order valence-electron chi connectivity index (χ4n) is 3.49. The van der Waals surface area contributed by atoms with Crippen molar-refractivity contribution in [1.82, 2.24) is 14.8 Å². The molecule has 2 heterocycles. The van der Waals surface area contributed by atoms with E-state index in [4.69, 9.17) is 4.42 Å². The summed E-state index contributed by atoms with van der Waals surface area (Å²) in [6.45, 7) is 4.75. The number of aliphatic hydroxyl groups is 1. The predicted octanol–water partition coefficient (Wildman–Crippen LogP) is 1.58. The summed E-state index contributed by atoms with van der Waals surface area (Å²) in [7, 11) is 0. The smallest absolute Gasteiger partial charge is 0.408 e. The fourth-order valence-corrected chi connectivity index (χ4v) is 3.49. The number of hydrogen-bond donors (Lipinski definition) is 3. The highest BCUT2D eigenvalue weighted by atomic mass is 16.4. The van der Waals surface area contributed by atoms with Crippen molar-refractivity contribution in [3.05, 3.63) is 28.7 Å². The number of carbonyl (C=O) groups excluding carboxylic acids is 1. The molecule has 1 aromatic carbocycles. The lowest BCUT2D eigenvalue weighted by molar-refractivity contribution is 0.0917. The number of carbonyl (C=O) groups is 1. The molecule has 3 rings (SSSR count). The monoisotopic (exact) mass is 362 g/mol. The quantitative estimate of drug-likeness (QED) is 0.725. The van der Waals surface area contributed by atoms with E-state index in [0.29, 0.717) is 36.4 Å². The highest BCUT2D eigenvalue weighted by Crippen LogP contribution is 2.18. The zero-order valence-corrected chi connectivity index (χ0v) is 15.0. The van der Waals surface area contributed by atoms with Gasteiger partial charge in [0, 0.05) is 37.4 Å². The van der Waals surface area contributed by atoms with E-state index < -0.39 is 5.76 Å². The summed E-state index contributed by atoms with van der Waals surface area (Å²) in [5.41, 5.74) is 1.73. The molecule has 8 heteroatoms. The van der Waals surface area contributed by atoms with Gasteiger partial charge < -0.3 is 20.2 Å². The van der Waals surface area contributed by atoms with Crippen LogP contribution in [-0.2, 0) is 6.54 Å². The van der Waals surface area contributed by atoms with Gasteiger partial charge in [0.2, 0.25) is 0 Å². The van der Waals surface area contributed by atoms with Crippen molar-refractivity contribution in [1.29, 1.82) is 0 Å². The second-order valence-corrected chi connectivity index (χ2v) is 6.54. The van der Waals surface area contributed by atoms with E-state index in [9.17, 15) is 14.7 Å². The first-order valence-corrected chi connectivity index (χ1v) is 9.15. The maximum atomic E-state index is 12.1. The summed E-state index contributed by atoms with van der Waals surface area (Å²) >= 11 is 0. The van der Waals surface area contributed by atoms with E-state index in [2.05, 4.69) is 15.5 Å². The number of aromatic nitrogens is 1. The highest BCUT2D eigenvalue weighted by molar-refractivity contribution is 5.91. The molecular formula is C18H26N4O4. The molecule has 1 fully saturated rings. The van der Waals surface area contributed by atoms with Crippen molar-refractivity contribution in [2.75, 3.05) is 31.6 Å². The Kier molecular flexibility index (Phi) is 5.95. The van der Waals surface area contributed by atoms with Gasteiger partial charge in [0.15, 0.2) is 5.58 Å². The predicted molar refractivity (Wildman–Crippen MR) is 99.5 cm³/mol. The number of amides is 2. The number of nitrogens with zero attached hydrogens (tertiary/aromatic N) is 2. The van der Waals surface area contributed by atoms with Crippen LogP contribution in [0.1, 0.15) is 26.2 Å². The first kappa shape index (κ1) is 18.5. The standard InChI is InChI=1S/C18H26N4O4/c1-2-22-15-7-6-13(11-16(15)26-18(22)25)20-17(24)19-8-10-21-9-4-3-5-14(21)12-23/h6-7,11,14,23H,2-5,8-10,12H2,1H3,(H2,19,20,24)/t14-/m0/s1. The Bertz CT molecular complexity index is 813. The minimum Gasteiger partial charge on any atom is -0.408 e. The number of anilines is 1. The van der Waals surface area contributed by atoms with E-state index in [0.717, 1.165) is 25.8 Å². The van der Waals surface area contributed by atoms with E-state index in [1.807, 2.05) is 6.92 Å². The molecule has 3 N–H and O–H groups in total. The van der Waals surface area contributed by atoms with Gasteiger partial charge in [-0.3, -0.25) is 9.47 Å². The Morgan fingerprint density at radius 3 is 3.00 bits per heavy atom. The van der Waals surface area contributed by atoms with Gasteiger partial charge in [-0.1, -0.05) is 6.42 Å². The van der Waals surface area contributed by atoms with E-state index in [1.165, 1.54) is 4.57 Å². The SMILES string of the molecule is CCn1c(=O)oc2cc(NC(=O)NCCN3CCCC[C@H]3CO)ccc21. The van der Waals surface area contributed by atoms with Crippen molar-refractivity contribution in [3.8, 4) is 0 Å². The van der Waals surface area contributed by atoms with Crippen LogP contribution in [0.4, 0.5) is 10.5 Å². The number of rotatable bonds is 6. The molecule has 26 heavy (non-hydrogen) atoms. The Morgan fingerprint density at radius 2 is 2.23 bits per heavy atom. The Balaban J connectivity index is 1.53. The number of oxazole rings is 1. The fraction of sp³-hybridized carbons (Fsp3) is 0.556. The Labute approximate surface area is 151 Å². The molecule has 0 spiro atoms. The lowest BCUT2D eigenvalue weighted by Crippen LogP contribution is -2.46. The molecule has 1 aliphatic rings. The van der Waals surface area contributed by atoms with Crippen LogP contribution in [-0.4, -0.2) is 52.9 Å². The molecule has 1 atom stereocenters. The zero-order valence-electron chi connectivity index (χ0n) is 15.0. The number of fused-ring (bicyclic) bond motifs is 1. The van der Waals surface area contributed by atoms with Crippen LogP contribution in [0.3, 0.4) is 0 Å². The second kappa shape index (κ2) is 8.37. The van der Waals surface area contributed by atoms with Crippen LogP contribution >= 0.6 is 0 Å². The summed E-state index contributed by atoms with van der Waals surface area (Å²) < 4.78 is 6.74. The van der Waals surface area contributed by atoms with E-state index in [-0.39, 0.29) is 18.7 Å². The summed E-state index contributed by atoms with van der Waals surface area (Å²) in [5, 5.41) is 15.0. The van der Waals surface area contributed by atoms with Gasteiger partial charge in [-0.15, -0.1) is 0 Å². The highest BCUT2D eigenvalue weighted by Gasteiger charge is 2.21. The first-order valence-electron chi connectivity index (χ1n) is 9.15. The minimum atomic E-state index is -0.399. The van der Waals surface area contributed by atoms with Crippen molar-refractivity contribution in [2.24, 2.45) is 0 Å². The summed E-state index contributed by atoms with van der Waals surface area (Å²) in [4.78, 5) is 26.0. The first-order chi connectivity index (χ1) is 12.6. The Morgan fingerprint density at radius 1 is 1.38 bits per heavy atom. The lowest BCUT2D eigenvalue weighted by Gasteiger charge is -2.34. The van der Waals surface area contributed by atoms with E-state index in [1.54, 1.807) is 18.2 Å².